The van der Waals surface area contributed by atoms with Crippen molar-refractivity contribution in [2.45, 2.75) is 39.4 Å². The van der Waals surface area contributed by atoms with Gasteiger partial charge in [-0.3, -0.25) is 0 Å². The Morgan fingerprint density at radius 3 is 2.93 bits per heavy atom. The van der Waals surface area contributed by atoms with Gasteiger partial charge < -0.3 is 9.47 Å². The van der Waals surface area contributed by atoms with Crippen LogP contribution in [-0.4, -0.2) is 24.8 Å². The highest BCUT2D eigenvalue weighted by atomic mass is 16.6. The van der Waals surface area contributed by atoms with Gasteiger partial charge in [0.2, 0.25) is 0 Å². The molecular formula is C11H18O3. The highest BCUT2D eigenvalue weighted by molar-refractivity contribution is 5.81. The van der Waals surface area contributed by atoms with E-state index in [0.29, 0.717) is 18.6 Å². The van der Waals surface area contributed by atoms with Gasteiger partial charge in [0, 0.05) is 6.08 Å². The molecule has 1 aliphatic heterocycles. The van der Waals surface area contributed by atoms with Gasteiger partial charge in [-0.2, -0.15) is 0 Å². The van der Waals surface area contributed by atoms with Gasteiger partial charge in [-0.15, -0.1) is 0 Å². The van der Waals surface area contributed by atoms with Crippen LogP contribution in [0.15, 0.2) is 12.2 Å². The van der Waals surface area contributed by atoms with Gasteiger partial charge in [0.25, 0.3) is 0 Å². The molecule has 80 valence electrons. The Morgan fingerprint density at radius 2 is 2.36 bits per heavy atom. The first-order valence-corrected chi connectivity index (χ1v) is 5.14. The Bertz CT molecular complexity index is 223. The number of carbonyl (C=O) groups excluding carboxylic acids is 1. The first-order chi connectivity index (χ1) is 6.69. The van der Waals surface area contributed by atoms with E-state index in [4.69, 9.17) is 9.47 Å². The number of rotatable bonds is 5. The monoisotopic (exact) mass is 198 g/mol. The summed E-state index contributed by atoms with van der Waals surface area (Å²) in [7, 11) is 0. The highest BCUT2D eigenvalue weighted by Crippen LogP contribution is 2.31. The fraction of sp³-hybridized carbons (Fsp3) is 0.727. The Balaban J connectivity index is 2.14. The first-order valence-electron chi connectivity index (χ1n) is 5.14. The summed E-state index contributed by atoms with van der Waals surface area (Å²) in [6, 6.07) is 0. The Hall–Kier alpha value is -0.830. The predicted molar refractivity (Wildman–Crippen MR) is 53.9 cm³/mol. The SMILES string of the molecule is CC=CC(=O)OCC1OC1C(C)CC. The zero-order valence-electron chi connectivity index (χ0n) is 9.03. The number of ether oxygens (including phenoxy) is 2. The fourth-order valence-electron chi connectivity index (χ4n) is 1.37. The van der Waals surface area contributed by atoms with Crippen molar-refractivity contribution in [3.8, 4) is 0 Å². The van der Waals surface area contributed by atoms with Crippen molar-refractivity contribution in [3.63, 3.8) is 0 Å². The molecular weight excluding hydrogens is 180 g/mol. The van der Waals surface area contributed by atoms with Crippen LogP contribution in [0.4, 0.5) is 0 Å². The average Bonchev–Trinajstić information content (AvgIpc) is 2.93. The van der Waals surface area contributed by atoms with Crippen LogP contribution in [0.25, 0.3) is 0 Å². The zero-order chi connectivity index (χ0) is 10.6. The minimum atomic E-state index is -0.286. The maximum absolute atomic E-state index is 11.0. The lowest BCUT2D eigenvalue weighted by Gasteiger charge is -2.02. The number of hydrogen-bond donors (Lipinski definition) is 0. The molecule has 3 nitrogen and oxygen atoms in total. The summed E-state index contributed by atoms with van der Waals surface area (Å²) in [5, 5.41) is 0. The maximum Gasteiger partial charge on any atom is 0.330 e. The van der Waals surface area contributed by atoms with Crippen LogP contribution in [-0.2, 0) is 14.3 Å². The molecule has 0 bridgehead atoms. The standard InChI is InChI=1S/C11H18O3/c1-4-6-10(12)13-7-9-11(14-9)8(3)5-2/h4,6,8-9,11H,5,7H2,1-3H3. The van der Waals surface area contributed by atoms with Crippen LogP contribution >= 0.6 is 0 Å². The third-order valence-corrected chi connectivity index (χ3v) is 2.52. The minimum Gasteiger partial charge on any atom is -0.460 e. The maximum atomic E-state index is 11.0. The summed E-state index contributed by atoms with van der Waals surface area (Å²) in [5.41, 5.74) is 0. The number of esters is 1. The molecule has 1 heterocycles. The molecule has 1 saturated heterocycles. The van der Waals surface area contributed by atoms with Crippen molar-refractivity contribution < 1.29 is 14.3 Å². The van der Waals surface area contributed by atoms with E-state index in [1.54, 1.807) is 13.0 Å². The minimum absolute atomic E-state index is 0.124. The van der Waals surface area contributed by atoms with Crippen molar-refractivity contribution in [1.29, 1.82) is 0 Å². The van der Waals surface area contributed by atoms with Crippen molar-refractivity contribution in [3.05, 3.63) is 12.2 Å². The summed E-state index contributed by atoms with van der Waals surface area (Å²) < 4.78 is 10.4. The summed E-state index contributed by atoms with van der Waals surface area (Å²) in [4.78, 5) is 11.0. The van der Waals surface area contributed by atoms with Gasteiger partial charge >= 0.3 is 5.97 Å². The van der Waals surface area contributed by atoms with Gasteiger partial charge in [-0.25, -0.2) is 4.79 Å². The fourth-order valence-corrected chi connectivity index (χ4v) is 1.37. The van der Waals surface area contributed by atoms with Crippen LogP contribution in [0.5, 0.6) is 0 Å². The van der Waals surface area contributed by atoms with E-state index in [2.05, 4.69) is 13.8 Å². The molecule has 0 aliphatic carbocycles. The first kappa shape index (κ1) is 11.2. The molecule has 1 aliphatic rings. The second-order valence-electron chi connectivity index (χ2n) is 3.65. The molecule has 1 fully saturated rings. The van der Waals surface area contributed by atoms with Crippen molar-refractivity contribution >= 4 is 5.97 Å². The van der Waals surface area contributed by atoms with Gasteiger partial charge in [0.15, 0.2) is 0 Å². The van der Waals surface area contributed by atoms with Gasteiger partial charge in [0.05, 0.1) is 6.10 Å². The quantitative estimate of drug-likeness (QED) is 0.385. The van der Waals surface area contributed by atoms with Crippen LogP contribution < -0.4 is 0 Å². The zero-order valence-corrected chi connectivity index (χ0v) is 9.03. The second-order valence-corrected chi connectivity index (χ2v) is 3.65. The van der Waals surface area contributed by atoms with E-state index in [0.717, 1.165) is 6.42 Å². The van der Waals surface area contributed by atoms with E-state index < -0.39 is 0 Å². The van der Waals surface area contributed by atoms with Crippen LogP contribution in [0.3, 0.4) is 0 Å². The highest BCUT2D eigenvalue weighted by Gasteiger charge is 2.42. The van der Waals surface area contributed by atoms with Crippen LogP contribution in [0, 0.1) is 5.92 Å². The number of carbonyl (C=O) groups is 1. The van der Waals surface area contributed by atoms with Crippen molar-refractivity contribution in [2.75, 3.05) is 6.61 Å². The third kappa shape index (κ3) is 3.14. The van der Waals surface area contributed by atoms with Gasteiger partial charge in [-0.1, -0.05) is 26.3 Å². The average molecular weight is 198 g/mol. The molecule has 0 amide bonds. The molecule has 0 spiro atoms. The lowest BCUT2D eigenvalue weighted by molar-refractivity contribution is -0.138. The molecule has 3 heteroatoms. The van der Waals surface area contributed by atoms with E-state index >= 15 is 0 Å². The number of allylic oxidation sites excluding steroid dienone is 1. The summed E-state index contributed by atoms with van der Waals surface area (Å²) in [6.45, 7) is 6.46. The Morgan fingerprint density at radius 1 is 1.64 bits per heavy atom. The largest absolute Gasteiger partial charge is 0.460 e. The molecule has 0 N–H and O–H groups in total. The molecule has 0 radical (unpaired) electrons. The van der Waals surface area contributed by atoms with E-state index in [1.807, 2.05) is 0 Å². The smallest absolute Gasteiger partial charge is 0.330 e. The predicted octanol–water partition coefficient (Wildman–Crippen LogP) is 1.92. The molecule has 14 heavy (non-hydrogen) atoms. The Labute approximate surface area is 85.1 Å². The Kier molecular flexibility index (Phi) is 4.14. The number of hydrogen-bond acceptors (Lipinski definition) is 3. The van der Waals surface area contributed by atoms with Gasteiger partial charge in [-0.05, 0) is 12.8 Å². The molecule has 0 aromatic carbocycles. The van der Waals surface area contributed by atoms with E-state index in [9.17, 15) is 4.79 Å². The van der Waals surface area contributed by atoms with Crippen molar-refractivity contribution in [1.82, 2.24) is 0 Å². The second kappa shape index (κ2) is 5.15. The number of epoxide rings is 1. The molecule has 1 rings (SSSR count). The molecule has 3 unspecified atom stereocenters. The normalized spacial score (nSPS) is 27.6. The molecule has 0 aromatic rings. The van der Waals surface area contributed by atoms with Gasteiger partial charge in [0.1, 0.15) is 12.7 Å². The van der Waals surface area contributed by atoms with E-state index in [-0.39, 0.29) is 12.1 Å². The topological polar surface area (TPSA) is 38.8 Å². The van der Waals surface area contributed by atoms with E-state index in [1.165, 1.54) is 6.08 Å². The summed E-state index contributed by atoms with van der Waals surface area (Å²) in [5.74, 6) is 0.270. The lowest BCUT2D eigenvalue weighted by Crippen LogP contribution is -2.12. The summed E-state index contributed by atoms with van der Waals surface area (Å²) in [6.07, 6.45) is 4.60. The third-order valence-electron chi connectivity index (χ3n) is 2.52. The summed E-state index contributed by atoms with van der Waals surface area (Å²) >= 11 is 0. The van der Waals surface area contributed by atoms with Crippen LogP contribution in [0.2, 0.25) is 0 Å². The van der Waals surface area contributed by atoms with Crippen molar-refractivity contribution in [2.24, 2.45) is 5.92 Å². The molecule has 3 atom stereocenters. The lowest BCUT2D eigenvalue weighted by atomic mass is 10.0. The molecule has 0 aromatic heterocycles. The van der Waals surface area contributed by atoms with Crippen LogP contribution in [0.1, 0.15) is 27.2 Å². The molecule has 0 saturated carbocycles.